The van der Waals surface area contributed by atoms with Gasteiger partial charge in [0.05, 0.1) is 31.1 Å². The van der Waals surface area contributed by atoms with Crippen LogP contribution in [0.2, 0.25) is 0 Å². The summed E-state index contributed by atoms with van der Waals surface area (Å²) >= 11 is 0.947. The SMILES string of the molecule is COC(=O)C(CNC(=O)c1cc(OC)nc(OC)n1)NC(=O)c1sc(C(=O)NCc2cccc(O)c2)cc1C. The molecule has 3 amide bonds. The number of phenolic OH excluding ortho intramolecular Hbond substituents is 1. The van der Waals surface area contributed by atoms with E-state index in [0.717, 1.165) is 18.4 Å². The summed E-state index contributed by atoms with van der Waals surface area (Å²) < 4.78 is 14.7. The number of rotatable bonds is 11. The molecule has 3 rings (SSSR count). The van der Waals surface area contributed by atoms with E-state index in [1.807, 2.05) is 0 Å². The molecule has 0 spiro atoms. The lowest BCUT2D eigenvalue weighted by Gasteiger charge is -2.17. The molecule has 0 fully saturated rings. The normalized spacial score (nSPS) is 11.2. The Labute approximate surface area is 227 Å². The molecule has 4 N–H and O–H groups in total. The zero-order chi connectivity index (χ0) is 28.5. The van der Waals surface area contributed by atoms with Gasteiger partial charge in [-0.3, -0.25) is 14.4 Å². The summed E-state index contributed by atoms with van der Waals surface area (Å²) in [6, 6.07) is 7.98. The minimum atomic E-state index is -1.23. The Balaban J connectivity index is 1.66. The minimum absolute atomic E-state index is 0.0795. The van der Waals surface area contributed by atoms with Gasteiger partial charge < -0.3 is 35.3 Å². The van der Waals surface area contributed by atoms with Gasteiger partial charge in [-0.1, -0.05) is 12.1 Å². The Morgan fingerprint density at radius 3 is 2.41 bits per heavy atom. The highest BCUT2D eigenvalue weighted by Gasteiger charge is 2.26. The largest absolute Gasteiger partial charge is 0.508 e. The van der Waals surface area contributed by atoms with Crippen molar-refractivity contribution in [3.05, 3.63) is 63.0 Å². The van der Waals surface area contributed by atoms with Crippen molar-refractivity contribution in [1.82, 2.24) is 25.9 Å². The van der Waals surface area contributed by atoms with Gasteiger partial charge in [-0.15, -0.1) is 11.3 Å². The standard InChI is InChI=1S/C25H27N5O8S/c1-13-8-18(22(33)26-11-14-6-5-7-15(31)9-14)39-20(13)23(34)28-17(24(35)37-3)12-27-21(32)16-10-19(36-2)30-25(29-16)38-4/h5-10,17,31H,11-12H2,1-4H3,(H,26,33)(H,27,32)(H,28,34). The summed E-state index contributed by atoms with van der Waals surface area (Å²) in [4.78, 5) is 58.9. The maximum Gasteiger partial charge on any atom is 0.330 e. The molecule has 0 aliphatic carbocycles. The van der Waals surface area contributed by atoms with Crippen molar-refractivity contribution < 1.29 is 38.5 Å². The van der Waals surface area contributed by atoms with Crippen LogP contribution in [0.15, 0.2) is 36.4 Å². The van der Waals surface area contributed by atoms with E-state index in [1.165, 1.54) is 32.4 Å². The molecule has 206 valence electrons. The van der Waals surface area contributed by atoms with E-state index in [9.17, 15) is 24.3 Å². The second-order valence-corrected chi connectivity index (χ2v) is 9.07. The van der Waals surface area contributed by atoms with Crippen LogP contribution in [0.1, 0.15) is 41.0 Å². The Morgan fingerprint density at radius 2 is 1.74 bits per heavy atom. The van der Waals surface area contributed by atoms with Crippen LogP contribution >= 0.6 is 11.3 Å². The molecule has 0 radical (unpaired) electrons. The average Bonchev–Trinajstić information content (AvgIpc) is 3.34. The number of amides is 3. The molecular weight excluding hydrogens is 530 g/mol. The zero-order valence-electron chi connectivity index (χ0n) is 21.6. The fourth-order valence-corrected chi connectivity index (χ4v) is 4.31. The number of aromatic nitrogens is 2. The first-order valence-electron chi connectivity index (χ1n) is 11.5. The third kappa shape index (κ3) is 7.64. The molecule has 13 nitrogen and oxygen atoms in total. The summed E-state index contributed by atoms with van der Waals surface area (Å²) in [5.74, 6) is -2.31. The van der Waals surface area contributed by atoms with Gasteiger partial charge in [-0.2, -0.15) is 9.97 Å². The second kappa shape index (κ2) is 13.2. The Bertz CT molecular complexity index is 1350. The third-order valence-corrected chi connectivity index (χ3v) is 6.51. The van der Waals surface area contributed by atoms with E-state index in [2.05, 4.69) is 25.9 Å². The molecule has 0 saturated carbocycles. The highest BCUT2D eigenvalue weighted by atomic mass is 32.1. The monoisotopic (exact) mass is 557 g/mol. The number of thiophene rings is 1. The van der Waals surface area contributed by atoms with Crippen LogP contribution in [0.5, 0.6) is 17.6 Å². The number of hydrogen-bond donors (Lipinski definition) is 4. The number of nitrogens with one attached hydrogen (secondary N) is 3. The van der Waals surface area contributed by atoms with Gasteiger partial charge in [-0.25, -0.2) is 4.79 Å². The number of phenols is 1. The van der Waals surface area contributed by atoms with E-state index >= 15 is 0 Å². The van der Waals surface area contributed by atoms with E-state index in [4.69, 9.17) is 14.2 Å². The van der Waals surface area contributed by atoms with Crippen molar-refractivity contribution in [2.75, 3.05) is 27.9 Å². The van der Waals surface area contributed by atoms with E-state index in [-0.39, 0.29) is 46.2 Å². The fraction of sp³-hybridized carbons (Fsp3) is 0.280. The number of aromatic hydroxyl groups is 1. The topological polar surface area (TPSA) is 178 Å². The molecule has 1 aromatic carbocycles. The number of ether oxygens (including phenoxy) is 3. The number of aryl methyl sites for hydroxylation is 1. The van der Waals surface area contributed by atoms with Crippen LogP contribution in [-0.2, 0) is 16.1 Å². The predicted molar refractivity (Wildman–Crippen MR) is 139 cm³/mol. The minimum Gasteiger partial charge on any atom is -0.508 e. The van der Waals surface area contributed by atoms with Gasteiger partial charge in [0.25, 0.3) is 17.7 Å². The maximum atomic E-state index is 13.0. The Morgan fingerprint density at radius 1 is 0.974 bits per heavy atom. The lowest BCUT2D eigenvalue weighted by Crippen LogP contribution is -2.49. The van der Waals surface area contributed by atoms with Crippen LogP contribution in [0.25, 0.3) is 0 Å². The highest BCUT2D eigenvalue weighted by molar-refractivity contribution is 7.16. The van der Waals surface area contributed by atoms with Gasteiger partial charge in [0, 0.05) is 19.2 Å². The first kappa shape index (κ1) is 28.8. The second-order valence-electron chi connectivity index (χ2n) is 8.02. The first-order valence-corrected chi connectivity index (χ1v) is 12.3. The van der Waals surface area contributed by atoms with Crippen LogP contribution in [0, 0.1) is 6.92 Å². The number of carbonyl (C=O) groups is 4. The smallest absolute Gasteiger partial charge is 0.330 e. The predicted octanol–water partition coefficient (Wildman–Crippen LogP) is 1.20. The van der Waals surface area contributed by atoms with Crippen molar-refractivity contribution >= 4 is 35.0 Å². The summed E-state index contributed by atoms with van der Waals surface area (Å²) in [5.41, 5.74) is 1.15. The van der Waals surface area contributed by atoms with Gasteiger partial charge in [0.1, 0.15) is 17.5 Å². The zero-order valence-corrected chi connectivity index (χ0v) is 22.4. The lowest BCUT2D eigenvalue weighted by atomic mass is 10.2. The Kier molecular flexibility index (Phi) is 9.75. The molecule has 2 aromatic heterocycles. The van der Waals surface area contributed by atoms with Gasteiger partial charge in [0.15, 0.2) is 0 Å². The molecule has 1 unspecified atom stereocenters. The van der Waals surface area contributed by atoms with Crippen molar-refractivity contribution in [3.63, 3.8) is 0 Å². The van der Waals surface area contributed by atoms with E-state index in [1.54, 1.807) is 25.1 Å². The fourth-order valence-electron chi connectivity index (χ4n) is 3.32. The van der Waals surface area contributed by atoms with Gasteiger partial charge in [-0.05, 0) is 36.2 Å². The molecule has 2 heterocycles. The number of nitrogens with zero attached hydrogens (tertiary/aromatic N) is 2. The molecule has 1 atom stereocenters. The summed E-state index contributed by atoms with van der Waals surface area (Å²) in [7, 11) is 3.84. The number of carbonyl (C=O) groups excluding carboxylic acids is 4. The number of hydrogen-bond acceptors (Lipinski definition) is 11. The summed E-state index contributed by atoms with van der Waals surface area (Å²) in [6.45, 7) is 1.52. The average molecular weight is 558 g/mol. The van der Waals surface area contributed by atoms with Crippen LogP contribution in [0.4, 0.5) is 0 Å². The molecule has 3 aromatic rings. The first-order chi connectivity index (χ1) is 18.6. The molecule has 39 heavy (non-hydrogen) atoms. The molecular formula is C25H27N5O8S. The molecule has 0 aliphatic rings. The van der Waals surface area contributed by atoms with Crippen LogP contribution in [0.3, 0.4) is 0 Å². The lowest BCUT2D eigenvalue weighted by molar-refractivity contribution is -0.142. The maximum absolute atomic E-state index is 13.0. The van der Waals surface area contributed by atoms with Crippen molar-refractivity contribution in [3.8, 4) is 17.6 Å². The Hall–Kier alpha value is -4.72. The molecule has 0 bridgehead atoms. The molecule has 0 aliphatic heterocycles. The van der Waals surface area contributed by atoms with E-state index < -0.39 is 29.7 Å². The van der Waals surface area contributed by atoms with Gasteiger partial charge in [0.2, 0.25) is 5.88 Å². The van der Waals surface area contributed by atoms with Crippen LogP contribution in [-0.4, -0.2) is 72.7 Å². The number of esters is 1. The van der Waals surface area contributed by atoms with E-state index in [0.29, 0.717) is 11.1 Å². The van der Waals surface area contributed by atoms with Crippen molar-refractivity contribution in [1.29, 1.82) is 0 Å². The summed E-state index contributed by atoms with van der Waals surface area (Å²) in [6.07, 6.45) is 0. The highest BCUT2D eigenvalue weighted by Crippen LogP contribution is 2.22. The third-order valence-electron chi connectivity index (χ3n) is 5.28. The summed E-state index contributed by atoms with van der Waals surface area (Å²) in [5, 5.41) is 17.3. The number of methoxy groups -OCH3 is 3. The quantitative estimate of drug-likeness (QED) is 0.250. The molecule has 0 saturated heterocycles. The van der Waals surface area contributed by atoms with Crippen molar-refractivity contribution in [2.24, 2.45) is 0 Å². The number of benzene rings is 1. The van der Waals surface area contributed by atoms with Gasteiger partial charge >= 0.3 is 12.0 Å². The van der Waals surface area contributed by atoms with Crippen LogP contribution < -0.4 is 25.4 Å². The molecule has 14 heteroatoms. The van der Waals surface area contributed by atoms with Crippen molar-refractivity contribution in [2.45, 2.75) is 19.5 Å².